The lowest BCUT2D eigenvalue weighted by molar-refractivity contribution is 0.112. The fraction of sp³-hybridized carbons (Fsp3) is 0.0625. The van der Waals surface area contributed by atoms with Crippen LogP contribution in [0.4, 0.5) is 0 Å². The van der Waals surface area contributed by atoms with Gasteiger partial charge in [0.25, 0.3) is 0 Å². The van der Waals surface area contributed by atoms with Gasteiger partial charge in [0.1, 0.15) is 0 Å². The molecule has 0 atom stereocenters. The van der Waals surface area contributed by atoms with E-state index in [9.17, 15) is 4.79 Å². The Morgan fingerprint density at radius 1 is 1.11 bits per heavy atom. The highest BCUT2D eigenvalue weighted by Crippen LogP contribution is 2.21. The van der Waals surface area contributed by atoms with E-state index in [1.54, 1.807) is 0 Å². The van der Waals surface area contributed by atoms with Gasteiger partial charge in [0.05, 0.1) is 5.52 Å². The molecule has 0 aliphatic heterocycles. The summed E-state index contributed by atoms with van der Waals surface area (Å²) < 4.78 is 2.07. The fourth-order valence-electron chi connectivity index (χ4n) is 2.35. The van der Waals surface area contributed by atoms with E-state index in [1.807, 2.05) is 54.7 Å². The van der Waals surface area contributed by atoms with Gasteiger partial charge in [0, 0.05) is 28.7 Å². The van der Waals surface area contributed by atoms with Crippen LogP contribution in [0.15, 0.2) is 54.7 Å². The highest BCUT2D eigenvalue weighted by atomic mass is 35.5. The number of para-hydroxylation sites is 1. The first kappa shape index (κ1) is 12.0. The van der Waals surface area contributed by atoms with Gasteiger partial charge >= 0.3 is 0 Å². The van der Waals surface area contributed by atoms with E-state index in [-0.39, 0.29) is 0 Å². The number of carbonyl (C=O) groups excluding carboxylic acids is 1. The van der Waals surface area contributed by atoms with Gasteiger partial charge in [-0.1, -0.05) is 35.9 Å². The Morgan fingerprint density at radius 2 is 1.95 bits per heavy atom. The van der Waals surface area contributed by atoms with Crippen molar-refractivity contribution in [1.82, 2.24) is 4.57 Å². The zero-order valence-corrected chi connectivity index (χ0v) is 11.0. The van der Waals surface area contributed by atoms with Crippen molar-refractivity contribution in [2.45, 2.75) is 6.54 Å². The second-order valence-electron chi connectivity index (χ2n) is 4.48. The van der Waals surface area contributed by atoms with E-state index in [4.69, 9.17) is 11.6 Å². The van der Waals surface area contributed by atoms with E-state index in [2.05, 4.69) is 4.57 Å². The van der Waals surface area contributed by atoms with Crippen LogP contribution in [0.3, 0.4) is 0 Å². The number of fused-ring (bicyclic) bond motifs is 1. The standard InChI is InChI=1S/C16H12ClNO/c17-15-6-1-3-12(9-15)10-18-8-7-13-4-2-5-14(11-19)16(13)18/h1-9,11H,10H2. The highest BCUT2D eigenvalue weighted by molar-refractivity contribution is 6.30. The van der Waals surface area contributed by atoms with Crippen molar-refractivity contribution >= 4 is 28.8 Å². The Hall–Kier alpha value is -2.06. The molecule has 0 saturated heterocycles. The van der Waals surface area contributed by atoms with E-state index in [1.165, 1.54) is 0 Å². The maximum atomic E-state index is 11.1. The van der Waals surface area contributed by atoms with Crippen LogP contribution in [-0.4, -0.2) is 10.9 Å². The fourth-order valence-corrected chi connectivity index (χ4v) is 2.56. The number of carbonyl (C=O) groups is 1. The summed E-state index contributed by atoms with van der Waals surface area (Å²) in [6.45, 7) is 0.703. The van der Waals surface area contributed by atoms with Crippen molar-refractivity contribution in [3.05, 3.63) is 70.9 Å². The predicted molar refractivity (Wildman–Crippen MR) is 77.9 cm³/mol. The quantitative estimate of drug-likeness (QED) is 0.655. The van der Waals surface area contributed by atoms with Crippen molar-refractivity contribution in [2.24, 2.45) is 0 Å². The third-order valence-electron chi connectivity index (χ3n) is 3.19. The zero-order chi connectivity index (χ0) is 13.2. The van der Waals surface area contributed by atoms with E-state index >= 15 is 0 Å². The first-order valence-electron chi connectivity index (χ1n) is 6.05. The number of rotatable bonds is 3. The average molecular weight is 270 g/mol. The van der Waals surface area contributed by atoms with Gasteiger partial charge < -0.3 is 4.57 Å². The largest absolute Gasteiger partial charge is 0.342 e. The van der Waals surface area contributed by atoms with Crippen molar-refractivity contribution in [1.29, 1.82) is 0 Å². The Kier molecular flexibility index (Phi) is 3.10. The van der Waals surface area contributed by atoms with Gasteiger partial charge in [0.15, 0.2) is 6.29 Å². The molecule has 3 heteroatoms. The van der Waals surface area contributed by atoms with Crippen molar-refractivity contribution in [3.63, 3.8) is 0 Å². The Balaban J connectivity index is 2.08. The molecule has 2 aromatic carbocycles. The van der Waals surface area contributed by atoms with Crippen LogP contribution < -0.4 is 0 Å². The molecule has 94 valence electrons. The number of hydrogen-bond acceptors (Lipinski definition) is 1. The Morgan fingerprint density at radius 3 is 2.74 bits per heavy atom. The molecule has 0 aliphatic carbocycles. The minimum atomic E-state index is 0.703. The van der Waals surface area contributed by atoms with Crippen molar-refractivity contribution in [3.8, 4) is 0 Å². The molecule has 2 nitrogen and oxygen atoms in total. The Labute approximate surface area is 116 Å². The number of halogens is 1. The number of aromatic nitrogens is 1. The van der Waals surface area contributed by atoms with Crippen molar-refractivity contribution in [2.75, 3.05) is 0 Å². The minimum Gasteiger partial charge on any atom is -0.342 e. The summed E-state index contributed by atoms with van der Waals surface area (Å²) in [6.07, 6.45) is 2.90. The summed E-state index contributed by atoms with van der Waals surface area (Å²) in [4.78, 5) is 11.1. The predicted octanol–water partition coefficient (Wildman–Crippen LogP) is 4.16. The van der Waals surface area contributed by atoms with Gasteiger partial charge in [0.2, 0.25) is 0 Å². The summed E-state index contributed by atoms with van der Waals surface area (Å²) >= 11 is 6.00. The van der Waals surface area contributed by atoms with Gasteiger partial charge in [-0.15, -0.1) is 0 Å². The van der Waals surface area contributed by atoms with E-state index < -0.39 is 0 Å². The average Bonchev–Trinajstić information content (AvgIpc) is 2.82. The molecule has 1 heterocycles. The molecule has 0 aliphatic rings. The zero-order valence-electron chi connectivity index (χ0n) is 10.2. The molecule has 0 amide bonds. The maximum absolute atomic E-state index is 11.1. The second-order valence-corrected chi connectivity index (χ2v) is 4.91. The van der Waals surface area contributed by atoms with Crippen LogP contribution in [-0.2, 0) is 6.54 Å². The van der Waals surface area contributed by atoms with Crippen LogP contribution in [0.2, 0.25) is 5.02 Å². The number of benzene rings is 2. The normalized spacial score (nSPS) is 10.8. The maximum Gasteiger partial charge on any atom is 0.152 e. The lowest BCUT2D eigenvalue weighted by Crippen LogP contribution is -1.99. The molecular weight excluding hydrogens is 258 g/mol. The molecular formula is C16H12ClNO. The summed E-state index contributed by atoms with van der Waals surface area (Å²) in [5.74, 6) is 0. The summed E-state index contributed by atoms with van der Waals surface area (Å²) in [7, 11) is 0. The first-order chi connectivity index (χ1) is 9.28. The third-order valence-corrected chi connectivity index (χ3v) is 3.42. The molecule has 0 radical (unpaired) electrons. The van der Waals surface area contributed by atoms with Crippen LogP contribution in [0.5, 0.6) is 0 Å². The monoisotopic (exact) mass is 269 g/mol. The summed E-state index contributed by atoms with van der Waals surface area (Å²) in [5.41, 5.74) is 2.80. The van der Waals surface area contributed by atoms with E-state index in [0.717, 1.165) is 27.8 Å². The summed E-state index contributed by atoms with van der Waals surface area (Å²) in [5, 5.41) is 1.80. The SMILES string of the molecule is O=Cc1cccc2ccn(Cc3cccc(Cl)c3)c12. The van der Waals surface area contributed by atoms with Crippen LogP contribution >= 0.6 is 11.6 Å². The van der Waals surface area contributed by atoms with Crippen molar-refractivity contribution < 1.29 is 4.79 Å². The van der Waals surface area contributed by atoms with Gasteiger partial charge in [-0.05, 0) is 29.8 Å². The van der Waals surface area contributed by atoms with Crippen LogP contribution in [0.25, 0.3) is 10.9 Å². The molecule has 0 bridgehead atoms. The highest BCUT2D eigenvalue weighted by Gasteiger charge is 2.06. The number of aldehydes is 1. The molecule has 1 aromatic heterocycles. The lowest BCUT2D eigenvalue weighted by atomic mass is 10.1. The van der Waals surface area contributed by atoms with Crippen LogP contribution in [0.1, 0.15) is 15.9 Å². The van der Waals surface area contributed by atoms with Crippen LogP contribution in [0, 0.1) is 0 Å². The first-order valence-corrected chi connectivity index (χ1v) is 6.43. The van der Waals surface area contributed by atoms with Gasteiger partial charge in [-0.3, -0.25) is 4.79 Å². The van der Waals surface area contributed by atoms with Gasteiger partial charge in [-0.25, -0.2) is 0 Å². The molecule has 0 N–H and O–H groups in total. The minimum absolute atomic E-state index is 0.703. The van der Waals surface area contributed by atoms with E-state index in [0.29, 0.717) is 12.1 Å². The molecule has 0 fully saturated rings. The molecule has 3 rings (SSSR count). The van der Waals surface area contributed by atoms with Gasteiger partial charge in [-0.2, -0.15) is 0 Å². The second kappa shape index (κ2) is 4.90. The lowest BCUT2D eigenvalue weighted by Gasteiger charge is -2.07. The molecule has 0 spiro atoms. The smallest absolute Gasteiger partial charge is 0.152 e. The molecule has 0 unspecified atom stereocenters. The number of nitrogens with zero attached hydrogens (tertiary/aromatic N) is 1. The summed E-state index contributed by atoms with van der Waals surface area (Å²) in [6, 6.07) is 15.5. The molecule has 0 saturated carbocycles. The molecule has 19 heavy (non-hydrogen) atoms. The number of hydrogen-bond donors (Lipinski definition) is 0. The third kappa shape index (κ3) is 2.27. The topological polar surface area (TPSA) is 22.0 Å². The Bertz CT molecular complexity index is 745. The molecule has 3 aromatic rings.